The van der Waals surface area contributed by atoms with Gasteiger partial charge < -0.3 is 29.7 Å². The lowest BCUT2D eigenvalue weighted by molar-refractivity contribution is -0.123. The lowest BCUT2D eigenvalue weighted by atomic mass is 10.0. The van der Waals surface area contributed by atoms with Crippen LogP contribution in [0, 0.1) is 0 Å². The molecule has 5 heterocycles. The van der Waals surface area contributed by atoms with Crippen molar-refractivity contribution < 1.29 is 28.6 Å². The van der Waals surface area contributed by atoms with Crippen LogP contribution in [0.5, 0.6) is 17.2 Å². The number of carbonyl (C=O) groups excluding carboxylic acids is 3. The van der Waals surface area contributed by atoms with Crippen LogP contribution in [-0.2, 0) is 11.3 Å². The third kappa shape index (κ3) is 6.22. The van der Waals surface area contributed by atoms with E-state index in [0.717, 1.165) is 23.3 Å². The molecule has 10 nitrogen and oxygen atoms in total. The zero-order valence-corrected chi connectivity index (χ0v) is 24.2. The molecule has 3 aromatic rings. The first-order valence-corrected chi connectivity index (χ1v) is 15.1. The maximum atomic E-state index is 13.5. The summed E-state index contributed by atoms with van der Waals surface area (Å²) in [5, 5.41) is 7.97. The molecule has 0 aliphatic carbocycles. The normalized spacial score (nSPS) is 21.9. The van der Waals surface area contributed by atoms with Gasteiger partial charge in [0.15, 0.2) is 18.1 Å². The van der Waals surface area contributed by atoms with Crippen molar-refractivity contribution in [1.29, 1.82) is 0 Å². The molecule has 7 rings (SSSR count). The molecular weight excluding hydrogens is 556 g/mol. The highest BCUT2D eigenvalue weighted by molar-refractivity contribution is 7.12. The van der Waals surface area contributed by atoms with Crippen molar-refractivity contribution in [2.75, 3.05) is 39.9 Å². The largest absolute Gasteiger partial charge is 0.493 e. The number of hydrogen-bond acceptors (Lipinski definition) is 8. The number of likely N-dealkylation sites (tertiary alicyclic amines) is 2. The van der Waals surface area contributed by atoms with Gasteiger partial charge >= 0.3 is 0 Å². The van der Waals surface area contributed by atoms with Crippen molar-refractivity contribution in [2.24, 2.45) is 0 Å². The van der Waals surface area contributed by atoms with Crippen molar-refractivity contribution in [3.8, 4) is 17.2 Å². The average Bonchev–Trinajstić information content (AvgIpc) is 3.70. The van der Waals surface area contributed by atoms with E-state index >= 15 is 0 Å². The second-order valence-electron chi connectivity index (χ2n) is 10.8. The van der Waals surface area contributed by atoms with Gasteiger partial charge in [0.1, 0.15) is 11.9 Å². The zero-order valence-electron chi connectivity index (χ0n) is 23.4. The number of fused-ring (bicyclic) bond motifs is 7. The fourth-order valence-electron chi connectivity index (χ4n) is 5.79. The van der Waals surface area contributed by atoms with Gasteiger partial charge in [0.2, 0.25) is 0 Å². The molecular formula is C31H34N4O6S. The molecule has 11 heteroatoms. The number of hydrogen-bond donors (Lipinski definition) is 2. The van der Waals surface area contributed by atoms with E-state index < -0.39 is 0 Å². The topological polar surface area (TPSA) is 109 Å². The maximum Gasteiger partial charge on any atom is 0.263 e. The van der Waals surface area contributed by atoms with E-state index in [1.807, 2.05) is 46.7 Å². The molecule has 0 radical (unpaired) electrons. The van der Waals surface area contributed by atoms with Crippen molar-refractivity contribution in [3.63, 3.8) is 0 Å². The van der Waals surface area contributed by atoms with E-state index in [1.54, 1.807) is 18.2 Å². The summed E-state index contributed by atoms with van der Waals surface area (Å²) in [6.45, 7) is 2.84. The monoisotopic (exact) mass is 590 g/mol. The number of ether oxygens (including phenoxy) is 3. The van der Waals surface area contributed by atoms with Gasteiger partial charge in [0.05, 0.1) is 18.0 Å². The number of thiophene rings is 1. The number of nitrogens with zero attached hydrogens (tertiary/aromatic N) is 2. The maximum absolute atomic E-state index is 13.5. The Labute approximate surface area is 248 Å². The Morgan fingerprint density at radius 2 is 1.86 bits per heavy atom. The number of methoxy groups -OCH3 is 1. The summed E-state index contributed by atoms with van der Waals surface area (Å²) in [5.41, 5.74) is 1.33. The number of carbonyl (C=O) groups is 3. The Bertz CT molecular complexity index is 1420. The van der Waals surface area contributed by atoms with E-state index in [1.165, 1.54) is 18.4 Å². The highest BCUT2D eigenvalue weighted by Gasteiger charge is 2.40. The molecule has 3 amide bonds. The molecule has 2 atom stereocenters. The Morgan fingerprint density at radius 1 is 1.05 bits per heavy atom. The van der Waals surface area contributed by atoms with Crippen LogP contribution >= 0.6 is 11.3 Å². The molecule has 4 aliphatic heterocycles. The zero-order chi connectivity index (χ0) is 29.1. The van der Waals surface area contributed by atoms with Gasteiger partial charge in [0, 0.05) is 44.3 Å². The van der Waals surface area contributed by atoms with Crippen LogP contribution in [0.25, 0.3) is 0 Å². The van der Waals surface area contributed by atoms with E-state index in [2.05, 4.69) is 15.5 Å². The van der Waals surface area contributed by atoms with Gasteiger partial charge in [-0.2, -0.15) is 0 Å². The van der Waals surface area contributed by atoms with Crippen LogP contribution in [0.2, 0.25) is 0 Å². The molecule has 4 bridgehead atoms. The molecule has 4 aliphatic rings. The summed E-state index contributed by atoms with van der Waals surface area (Å²) in [4.78, 5) is 43.8. The van der Waals surface area contributed by atoms with Crippen LogP contribution < -0.4 is 24.8 Å². The third-order valence-electron chi connectivity index (χ3n) is 8.10. The minimum absolute atomic E-state index is 0.0988. The van der Waals surface area contributed by atoms with Gasteiger partial charge in [-0.3, -0.25) is 19.3 Å². The van der Waals surface area contributed by atoms with Crippen LogP contribution in [0.4, 0.5) is 0 Å². The molecule has 220 valence electrons. The molecule has 0 spiro atoms. The van der Waals surface area contributed by atoms with E-state index in [4.69, 9.17) is 14.2 Å². The van der Waals surface area contributed by atoms with Gasteiger partial charge in [0.25, 0.3) is 17.7 Å². The summed E-state index contributed by atoms with van der Waals surface area (Å²) < 4.78 is 17.6. The van der Waals surface area contributed by atoms with Crippen molar-refractivity contribution in [1.82, 2.24) is 20.4 Å². The second-order valence-corrected chi connectivity index (χ2v) is 11.7. The second kappa shape index (κ2) is 12.4. The summed E-state index contributed by atoms with van der Waals surface area (Å²) >= 11 is 1.48. The summed E-state index contributed by atoms with van der Waals surface area (Å²) in [6.07, 6.45) is 1.46. The van der Waals surface area contributed by atoms with E-state index in [9.17, 15) is 14.4 Å². The summed E-state index contributed by atoms with van der Waals surface area (Å²) in [7, 11) is 1.51. The van der Waals surface area contributed by atoms with Gasteiger partial charge in [-0.05, 0) is 60.2 Å². The quantitative estimate of drug-likeness (QED) is 0.483. The first-order chi connectivity index (χ1) is 20.5. The van der Waals surface area contributed by atoms with Crippen LogP contribution in [0.1, 0.15) is 38.4 Å². The fourth-order valence-corrected chi connectivity index (χ4v) is 6.48. The van der Waals surface area contributed by atoms with Crippen molar-refractivity contribution in [3.05, 3.63) is 76.0 Å². The molecule has 1 aromatic heterocycles. The highest BCUT2D eigenvalue weighted by Crippen LogP contribution is 2.30. The number of piperidine rings is 1. The lowest BCUT2D eigenvalue weighted by Crippen LogP contribution is -2.47. The number of nitrogens with one attached hydrogen (secondary N) is 2. The van der Waals surface area contributed by atoms with Crippen molar-refractivity contribution >= 4 is 29.1 Å². The Balaban J connectivity index is 1.20. The van der Waals surface area contributed by atoms with E-state index in [-0.39, 0.29) is 42.5 Å². The predicted octanol–water partition coefficient (Wildman–Crippen LogP) is 2.93. The highest BCUT2D eigenvalue weighted by atomic mass is 32.1. The molecule has 0 saturated carbocycles. The minimum Gasteiger partial charge on any atom is -0.493 e. The van der Waals surface area contributed by atoms with Gasteiger partial charge in [-0.1, -0.05) is 18.2 Å². The fraction of sp³-hybridized carbons (Fsp3) is 0.387. The lowest BCUT2D eigenvalue weighted by Gasteiger charge is -2.36. The van der Waals surface area contributed by atoms with Crippen molar-refractivity contribution in [2.45, 2.75) is 37.6 Å². The molecule has 2 aromatic carbocycles. The number of benzene rings is 2. The molecule has 42 heavy (non-hydrogen) atoms. The number of amides is 3. The smallest absolute Gasteiger partial charge is 0.263 e. The third-order valence-corrected chi connectivity index (χ3v) is 8.95. The van der Waals surface area contributed by atoms with Crippen LogP contribution in [0.3, 0.4) is 0 Å². The summed E-state index contributed by atoms with van der Waals surface area (Å²) in [6, 6.07) is 16.4. The first kappa shape index (κ1) is 28.0. The van der Waals surface area contributed by atoms with Crippen LogP contribution in [0.15, 0.2) is 60.0 Å². The van der Waals surface area contributed by atoms with Gasteiger partial charge in [-0.25, -0.2) is 0 Å². The standard InChI is InChI=1S/C31H34N4O6S/c1-39-25-9-6-21-15-26(25)40-19-29(36)32-16-20-4-7-23(8-5-20)41-27-18-35(17-24(27)33-30(21)37)22-10-12-34(13-11-22)31(38)28-3-2-14-42-28/h2-9,14-15,22,24,27H,10-13,16-19H2,1H3,(H,32,36)(H,33,37)/t24-,27-/m0/s1. The molecule has 2 N–H and O–H groups in total. The summed E-state index contributed by atoms with van der Waals surface area (Å²) in [5.74, 6) is 1.01. The Hall–Kier alpha value is -4.09. The molecule has 2 saturated heterocycles. The Morgan fingerprint density at radius 3 is 2.60 bits per heavy atom. The molecule has 2 fully saturated rings. The van der Waals surface area contributed by atoms with E-state index in [0.29, 0.717) is 55.5 Å². The predicted molar refractivity (Wildman–Crippen MR) is 157 cm³/mol. The van der Waals surface area contributed by atoms with Gasteiger partial charge in [-0.15, -0.1) is 11.3 Å². The first-order valence-electron chi connectivity index (χ1n) is 14.2. The van der Waals surface area contributed by atoms with Crippen LogP contribution in [-0.4, -0.2) is 85.6 Å². The number of rotatable bonds is 3. The SMILES string of the molecule is COc1ccc2cc1OCC(=O)NCc1ccc(cc1)O[C@H]1CN(C3CCN(C(=O)c4cccs4)CC3)C[C@@H]1NC2=O. The minimum atomic E-state index is -0.284. The molecule has 0 unspecified atom stereocenters. The Kier molecular flexibility index (Phi) is 8.29. The average molecular weight is 591 g/mol.